The minimum absolute atomic E-state index is 0.508. The van der Waals surface area contributed by atoms with E-state index in [0.29, 0.717) is 11.3 Å². The monoisotopic (exact) mass is 251 g/mol. The van der Waals surface area contributed by atoms with Crippen LogP contribution in [0.4, 0.5) is 17.1 Å². The van der Waals surface area contributed by atoms with Crippen molar-refractivity contribution in [3.8, 4) is 6.07 Å². The number of para-hydroxylation sites is 1. The van der Waals surface area contributed by atoms with E-state index in [9.17, 15) is 0 Å². The molecule has 0 saturated carbocycles. The summed E-state index contributed by atoms with van der Waals surface area (Å²) in [6, 6.07) is 13.9. The Bertz CT molecular complexity index is 654. The molecule has 0 amide bonds. The molecular formula is C16H17N3. The second-order valence-electron chi connectivity index (χ2n) is 4.70. The van der Waals surface area contributed by atoms with E-state index in [1.807, 2.05) is 24.1 Å². The maximum Gasteiger partial charge on any atom is 0.101 e. The van der Waals surface area contributed by atoms with Crippen LogP contribution in [-0.4, -0.2) is 7.05 Å². The third kappa shape index (κ3) is 2.38. The maximum atomic E-state index is 9.04. The topological polar surface area (TPSA) is 53.0 Å². The van der Waals surface area contributed by atoms with E-state index in [1.165, 1.54) is 11.1 Å². The van der Waals surface area contributed by atoms with Crippen LogP contribution in [-0.2, 0) is 0 Å². The van der Waals surface area contributed by atoms with Gasteiger partial charge in [-0.2, -0.15) is 5.26 Å². The van der Waals surface area contributed by atoms with Crippen LogP contribution in [0, 0.1) is 25.2 Å². The zero-order chi connectivity index (χ0) is 14.0. The van der Waals surface area contributed by atoms with Gasteiger partial charge < -0.3 is 10.6 Å². The summed E-state index contributed by atoms with van der Waals surface area (Å²) in [5, 5.41) is 9.04. The van der Waals surface area contributed by atoms with Gasteiger partial charge in [0.25, 0.3) is 0 Å². The molecule has 2 rings (SSSR count). The van der Waals surface area contributed by atoms with Crippen LogP contribution in [0.15, 0.2) is 36.4 Å². The van der Waals surface area contributed by atoms with Gasteiger partial charge >= 0.3 is 0 Å². The zero-order valence-corrected chi connectivity index (χ0v) is 11.4. The minimum Gasteiger partial charge on any atom is -0.396 e. The molecule has 2 N–H and O–H groups in total. The third-order valence-electron chi connectivity index (χ3n) is 3.28. The number of hydrogen-bond donors (Lipinski definition) is 1. The van der Waals surface area contributed by atoms with Gasteiger partial charge in [0, 0.05) is 12.7 Å². The van der Waals surface area contributed by atoms with Crippen molar-refractivity contribution in [2.75, 3.05) is 17.7 Å². The number of rotatable bonds is 2. The number of hydrogen-bond acceptors (Lipinski definition) is 3. The Morgan fingerprint density at radius 3 is 2.47 bits per heavy atom. The molecule has 96 valence electrons. The summed E-state index contributed by atoms with van der Waals surface area (Å²) in [5.41, 5.74) is 11.4. The average molecular weight is 251 g/mol. The highest BCUT2D eigenvalue weighted by Gasteiger charge is 2.12. The molecule has 0 atom stereocenters. The first-order chi connectivity index (χ1) is 9.04. The van der Waals surface area contributed by atoms with Crippen LogP contribution in [0.1, 0.15) is 16.7 Å². The van der Waals surface area contributed by atoms with E-state index in [2.05, 4.69) is 38.1 Å². The van der Waals surface area contributed by atoms with E-state index < -0.39 is 0 Å². The molecule has 0 bridgehead atoms. The van der Waals surface area contributed by atoms with Crippen molar-refractivity contribution in [1.29, 1.82) is 5.26 Å². The summed E-state index contributed by atoms with van der Waals surface area (Å²) >= 11 is 0. The third-order valence-corrected chi connectivity index (χ3v) is 3.28. The van der Waals surface area contributed by atoms with Gasteiger partial charge in [-0.1, -0.05) is 23.8 Å². The average Bonchev–Trinajstić information content (AvgIpc) is 2.38. The van der Waals surface area contributed by atoms with Gasteiger partial charge in [-0.05, 0) is 37.6 Å². The lowest BCUT2D eigenvalue weighted by molar-refractivity contribution is 1.18. The van der Waals surface area contributed by atoms with E-state index >= 15 is 0 Å². The van der Waals surface area contributed by atoms with E-state index in [4.69, 9.17) is 11.0 Å². The summed E-state index contributed by atoms with van der Waals surface area (Å²) in [7, 11) is 1.96. The van der Waals surface area contributed by atoms with Crippen LogP contribution >= 0.6 is 0 Å². The molecule has 0 heterocycles. The Kier molecular flexibility index (Phi) is 3.43. The lowest BCUT2D eigenvalue weighted by Crippen LogP contribution is -2.13. The van der Waals surface area contributed by atoms with Crippen molar-refractivity contribution in [3.05, 3.63) is 53.1 Å². The van der Waals surface area contributed by atoms with Crippen LogP contribution in [0.25, 0.3) is 0 Å². The molecular weight excluding hydrogens is 234 g/mol. The van der Waals surface area contributed by atoms with Crippen molar-refractivity contribution in [3.63, 3.8) is 0 Å². The van der Waals surface area contributed by atoms with Gasteiger partial charge in [0.15, 0.2) is 0 Å². The number of nitriles is 1. The summed E-state index contributed by atoms with van der Waals surface area (Å²) in [4.78, 5) is 2.02. The number of nitrogens with zero attached hydrogens (tertiary/aromatic N) is 2. The fourth-order valence-electron chi connectivity index (χ4n) is 2.25. The summed E-state index contributed by atoms with van der Waals surface area (Å²) in [6.07, 6.45) is 0. The summed E-state index contributed by atoms with van der Waals surface area (Å²) < 4.78 is 0. The highest BCUT2D eigenvalue weighted by atomic mass is 15.1. The first kappa shape index (κ1) is 13.0. The first-order valence-electron chi connectivity index (χ1n) is 6.14. The first-order valence-corrected chi connectivity index (χ1v) is 6.14. The lowest BCUT2D eigenvalue weighted by Gasteiger charge is -2.23. The van der Waals surface area contributed by atoms with Crippen molar-refractivity contribution < 1.29 is 0 Å². The molecule has 19 heavy (non-hydrogen) atoms. The standard InChI is InChI=1S/C16H17N3/c1-11-7-8-14(12(2)9-11)19(3)15-6-4-5-13(10-17)16(15)18/h4-9H,18H2,1-3H3. The van der Waals surface area contributed by atoms with Crippen LogP contribution in [0.2, 0.25) is 0 Å². The van der Waals surface area contributed by atoms with Crippen LogP contribution in [0.3, 0.4) is 0 Å². The number of nitrogens with two attached hydrogens (primary N) is 1. The van der Waals surface area contributed by atoms with Gasteiger partial charge in [0.2, 0.25) is 0 Å². The highest BCUT2D eigenvalue weighted by molar-refractivity contribution is 5.79. The molecule has 0 radical (unpaired) electrons. The van der Waals surface area contributed by atoms with Crippen LogP contribution < -0.4 is 10.6 Å². The smallest absolute Gasteiger partial charge is 0.101 e. The Morgan fingerprint density at radius 2 is 1.84 bits per heavy atom. The Hall–Kier alpha value is -2.47. The molecule has 3 heteroatoms. The molecule has 0 saturated heterocycles. The highest BCUT2D eigenvalue weighted by Crippen LogP contribution is 2.32. The van der Waals surface area contributed by atoms with Crippen LogP contribution in [0.5, 0.6) is 0 Å². The molecule has 0 unspecified atom stereocenters. The Labute approximate surface area is 113 Å². The number of anilines is 3. The molecule has 0 fully saturated rings. The normalized spacial score (nSPS) is 10.0. The number of benzene rings is 2. The molecule has 2 aromatic carbocycles. The fourth-order valence-corrected chi connectivity index (χ4v) is 2.25. The summed E-state index contributed by atoms with van der Waals surface area (Å²) in [6.45, 7) is 4.14. The molecule has 2 aromatic rings. The Balaban J connectivity index is 2.50. The van der Waals surface area contributed by atoms with E-state index in [-0.39, 0.29) is 0 Å². The van der Waals surface area contributed by atoms with Gasteiger partial charge in [0.1, 0.15) is 6.07 Å². The van der Waals surface area contributed by atoms with Gasteiger partial charge in [-0.25, -0.2) is 0 Å². The second kappa shape index (κ2) is 5.03. The van der Waals surface area contributed by atoms with Gasteiger partial charge in [-0.15, -0.1) is 0 Å². The predicted molar refractivity (Wildman–Crippen MR) is 79.5 cm³/mol. The molecule has 0 aliphatic rings. The molecule has 3 nitrogen and oxygen atoms in total. The molecule has 0 aromatic heterocycles. The van der Waals surface area contributed by atoms with Gasteiger partial charge in [0.05, 0.1) is 16.9 Å². The van der Waals surface area contributed by atoms with Crippen molar-refractivity contribution in [2.24, 2.45) is 0 Å². The zero-order valence-electron chi connectivity index (χ0n) is 11.4. The fraction of sp³-hybridized carbons (Fsp3) is 0.188. The number of aryl methyl sites for hydroxylation is 2. The largest absolute Gasteiger partial charge is 0.396 e. The van der Waals surface area contributed by atoms with Crippen molar-refractivity contribution in [2.45, 2.75) is 13.8 Å². The second-order valence-corrected chi connectivity index (χ2v) is 4.70. The van der Waals surface area contributed by atoms with Gasteiger partial charge in [-0.3, -0.25) is 0 Å². The minimum atomic E-state index is 0.508. The predicted octanol–water partition coefficient (Wildman–Crippen LogP) is 3.53. The lowest BCUT2D eigenvalue weighted by atomic mass is 10.1. The van der Waals surface area contributed by atoms with Crippen molar-refractivity contribution in [1.82, 2.24) is 0 Å². The van der Waals surface area contributed by atoms with E-state index in [1.54, 1.807) is 6.07 Å². The molecule has 0 spiro atoms. The Morgan fingerprint density at radius 1 is 1.11 bits per heavy atom. The molecule has 0 aliphatic carbocycles. The summed E-state index contributed by atoms with van der Waals surface area (Å²) in [5.74, 6) is 0. The van der Waals surface area contributed by atoms with Crippen molar-refractivity contribution >= 4 is 17.1 Å². The number of nitrogen functional groups attached to an aromatic ring is 1. The quantitative estimate of drug-likeness (QED) is 0.831. The molecule has 0 aliphatic heterocycles. The maximum absolute atomic E-state index is 9.04. The van der Waals surface area contributed by atoms with E-state index in [0.717, 1.165) is 11.4 Å². The SMILES string of the molecule is Cc1ccc(N(C)c2cccc(C#N)c2N)c(C)c1.